The summed E-state index contributed by atoms with van der Waals surface area (Å²) >= 11 is 0. The van der Waals surface area contributed by atoms with E-state index in [4.69, 9.17) is 5.73 Å². The van der Waals surface area contributed by atoms with E-state index < -0.39 is 19.0 Å². The van der Waals surface area contributed by atoms with Crippen molar-refractivity contribution in [3.05, 3.63) is 24.0 Å². The fraction of sp³-hybridized carbons (Fsp3) is 0.444. The summed E-state index contributed by atoms with van der Waals surface area (Å²) in [6.07, 6.45) is 3.17. The average Bonchev–Trinajstić information content (AvgIpc) is 2.17. The van der Waals surface area contributed by atoms with Gasteiger partial charge >= 0.3 is 0 Å². The Morgan fingerprint density at radius 2 is 2.29 bits per heavy atom. The lowest BCUT2D eigenvalue weighted by Gasteiger charge is -2.16. The Balaban J connectivity index is 2.58. The monoisotopic (exact) mass is 201 g/mol. The van der Waals surface area contributed by atoms with Crippen molar-refractivity contribution in [3.8, 4) is 0 Å². The van der Waals surface area contributed by atoms with Crippen LogP contribution in [0.3, 0.4) is 0 Å². The second-order valence-corrected chi connectivity index (χ2v) is 3.10. The summed E-state index contributed by atoms with van der Waals surface area (Å²) in [4.78, 5) is 3.86. The van der Waals surface area contributed by atoms with Crippen molar-refractivity contribution in [2.75, 3.05) is 18.4 Å². The van der Waals surface area contributed by atoms with Crippen LogP contribution < -0.4 is 11.1 Å². The zero-order valence-corrected chi connectivity index (χ0v) is 7.93. The number of hydrogen-bond donors (Lipinski definition) is 2. The molecule has 0 spiro atoms. The number of aromatic nitrogens is 1. The van der Waals surface area contributed by atoms with Gasteiger partial charge in [-0.05, 0) is 18.6 Å². The summed E-state index contributed by atoms with van der Waals surface area (Å²) in [6.45, 7) is 0.703. The molecule has 0 amide bonds. The second kappa shape index (κ2) is 4.32. The van der Waals surface area contributed by atoms with E-state index in [1.807, 2.05) is 0 Å². The Kier molecular flexibility index (Phi) is 3.35. The third-order valence-electron chi connectivity index (χ3n) is 1.86. The van der Waals surface area contributed by atoms with E-state index in [0.717, 1.165) is 5.56 Å². The normalized spacial score (nSPS) is 11.4. The third kappa shape index (κ3) is 2.92. The minimum atomic E-state index is -2.87. The van der Waals surface area contributed by atoms with E-state index in [-0.39, 0.29) is 0 Å². The van der Waals surface area contributed by atoms with Crippen molar-refractivity contribution in [1.82, 2.24) is 4.98 Å². The van der Waals surface area contributed by atoms with Crippen molar-refractivity contribution < 1.29 is 8.78 Å². The molecule has 0 aliphatic heterocycles. The van der Waals surface area contributed by atoms with Gasteiger partial charge in [0.1, 0.15) is 0 Å². The van der Waals surface area contributed by atoms with Crippen molar-refractivity contribution >= 4 is 5.69 Å². The highest BCUT2D eigenvalue weighted by atomic mass is 19.3. The van der Waals surface area contributed by atoms with Crippen LogP contribution in [-0.4, -0.2) is 24.0 Å². The Bertz CT molecular complexity index is 302. The van der Waals surface area contributed by atoms with Gasteiger partial charge in [0.25, 0.3) is 5.92 Å². The molecule has 0 aromatic carbocycles. The number of anilines is 1. The molecule has 78 valence electrons. The number of nitrogens with two attached hydrogens (primary N) is 1. The number of aryl methyl sites for hydroxylation is 1. The van der Waals surface area contributed by atoms with Crippen molar-refractivity contribution in [1.29, 1.82) is 0 Å². The maximum atomic E-state index is 12.8. The summed E-state index contributed by atoms with van der Waals surface area (Å²) in [7, 11) is 0. The van der Waals surface area contributed by atoms with Crippen LogP contribution in [0.25, 0.3) is 0 Å². The molecule has 0 radical (unpaired) electrons. The van der Waals surface area contributed by atoms with Crippen LogP contribution in [0, 0.1) is 6.92 Å². The van der Waals surface area contributed by atoms with Crippen LogP contribution in [0.15, 0.2) is 18.5 Å². The van der Waals surface area contributed by atoms with Crippen molar-refractivity contribution in [3.63, 3.8) is 0 Å². The van der Waals surface area contributed by atoms with Gasteiger partial charge in [-0.2, -0.15) is 0 Å². The average molecular weight is 201 g/mol. The van der Waals surface area contributed by atoms with E-state index in [1.54, 1.807) is 25.4 Å². The van der Waals surface area contributed by atoms with Crippen LogP contribution in [0.5, 0.6) is 0 Å². The van der Waals surface area contributed by atoms with E-state index in [1.165, 1.54) is 0 Å². The largest absolute Gasteiger partial charge is 0.379 e. The second-order valence-electron chi connectivity index (χ2n) is 3.10. The van der Waals surface area contributed by atoms with E-state index in [2.05, 4.69) is 10.3 Å². The Morgan fingerprint density at radius 1 is 1.57 bits per heavy atom. The van der Waals surface area contributed by atoms with Crippen LogP contribution in [0.4, 0.5) is 14.5 Å². The first-order chi connectivity index (χ1) is 6.55. The van der Waals surface area contributed by atoms with Gasteiger partial charge in [-0.3, -0.25) is 4.98 Å². The zero-order chi connectivity index (χ0) is 10.6. The van der Waals surface area contributed by atoms with Crippen LogP contribution in [0.1, 0.15) is 5.56 Å². The summed E-state index contributed by atoms with van der Waals surface area (Å²) < 4.78 is 25.5. The minimum absolute atomic E-state index is 0.450. The molecule has 1 heterocycles. The molecule has 5 heteroatoms. The molecule has 0 fully saturated rings. The number of hydrogen-bond acceptors (Lipinski definition) is 3. The standard InChI is InChI=1S/C9H13F2N3/c1-7-4-13-3-2-8(7)14-6-9(10,11)5-12/h2-4H,5-6,12H2,1H3,(H,13,14). The lowest BCUT2D eigenvalue weighted by atomic mass is 10.2. The van der Waals surface area contributed by atoms with Gasteiger partial charge in [-0.15, -0.1) is 0 Å². The van der Waals surface area contributed by atoms with Gasteiger partial charge in [0.2, 0.25) is 0 Å². The highest BCUT2D eigenvalue weighted by Gasteiger charge is 2.26. The molecule has 0 saturated carbocycles. The van der Waals surface area contributed by atoms with Crippen molar-refractivity contribution in [2.45, 2.75) is 12.8 Å². The Hall–Kier alpha value is -1.23. The highest BCUT2D eigenvalue weighted by molar-refractivity contribution is 5.48. The fourth-order valence-electron chi connectivity index (χ4n) is 0.968. The quantitative estimate of drug-likeness (QED) is 0.774. The number of rotatable bonds is 4. The number of nitrogens with zero attached hydrogens (tertiary/aromatic N) is 1. The van der Waals surface area contributed by atoms with Gasteiger partial charge in [0.05, 0.1) is 13.1 Å². The lowest BCUT2D eigenvalue weighted by molar-refractivity contribution is 0.0254. The molecule has 1 aromatic rings. The summed E-state index contributed by atoms with van der Waals surface area (Å²) in [5, 5.41) is 2.63. The van der Waals surface area contributed by atoms with Crippen LogP contribution >= 0.6 is 0 Å². The molecular formula is C9H13F2N3. The molecular weight excluding hydrogens is 188 g/mol. The maximum absolute atomic E-state index is 12.8. The van der Waals surface area contributed by atoms with Gasteiger partial charge in [0, 0.05) is 18.1 Å². The molecule has 14 heavy (non-hydrogen) atoms. The molecule has 0 aliphatic carbocycles. The lowest BCUT2D eigenvalue weighted by Crippen LogP contribution is -2.35. The molecule has 1 aromatic heterocycles. The van der Waals surface area contributed by atoms with Gasteiger partial charge in [-0.25, -0.2) is 8.78 Å². The number of pyridine rings is 1. The topological polar surface area (TPSA) is 50.9 Å². The zero-order valence-electron chi connectivity index (χ0n) is 7.93. The predicted molar refractivity (Wildman–Crippen MR) is 51.5 cm³/mol. The van der Waals surface area contributed by atoms with Crippen LogP contribution in [0.2, 0.25) is 0 Å². The number of halogens is 2. The molecule has 0 bridgehead atoms. The molecule has 0 saturated heterocycles. The van der Waals surface area contributed by atoms with E-state index in [9.17, 15) is 8.78 Å². The summed E-state index contributed by atoms with van der Waals surface area (Å²) in [6, 6.07) is 1.65. The Labute approximate surface area is 81.3 Å². The van der Waals surface area contributed by atoms with Gasteiger partial charge < -0.3 is 11.1 Å². The molecule has 0 aliphatic rings. The molecule has 0 atom stereocenters. The summed E-state index contributed by atoms with van der Waals surface area (Å²) in [5.41, 5.74) is 6.40. The first-order valence-corrected chi connectivity index (χ1v) is 4.27. The molecule has 0 unspecified atom stereocenters. The highest BCUT2D eigenvalue weighted by Crippen LogP contribution is 2.16. The van der Waals surface area contributed by atoms with Gasteiger partial charge in [0.15, 0.2) is 0 Å². The third-order valence-corrected chi connectivity index (χ3v) is 1.86. The molecule has 3 nitrogen and oxygen atoms in total. The smallest absolute Gasteiger partial charge is 0.276 e. The fourth-order valence-corrected chi connectivity index (χ4v) is 0.968. The minimum Gasteiger partial charge on any atom is -0.379 e. The van der Waals surface area contributed by atoms with Crippen LogP contribution in [-0.2, 0) is 0 Å². The SMILES string of the molecule is Cc1cnccc1NCC(F)(F)CN. The predicted octanol–water partition coefficient (Wildman–Crippen LogP) is 1.40. The van der Waals surface area contributed by atoms with E-state index >= 15 is 0 Å². The number of alkyl halides is 2. The van der Waals surface area contributed by atoms with Crippen molar-refractivity contribution in [2.24, 2.45) is 5.73 Å². The maximum Gasteiger partial charge on any atom is 0.276 e. The molecule has 1 rings (SSSR count). The summed E-state index contributed by atoms with van der Waals surface area (Å²) in [5.74, 6) is -2.87. The first-order valence-electron chi connectivity index (χ1n) is 4.27. The van der Waals surface area contributed by atoms with E-state index in [0.29, 0.717) is 5.69 Å². The number of nitrogens with one attached hydrogen (secondary N) is 1. The molecule has 3 N–H and O–H groups in total. The Morgan fingerprint density at radius 3 is 2.86 bits per heavy atom. The van der Waals surface area contributed by atoms with Gasteiger partial charge in [-0.1, -0.05) is 0 Å². The first kappa shape index (κ1) is 10.8.